The first kappa shape index (κ1) is 13.5. The van der Waals surface area contributed by atoms with Gasteiger partial charge in [-0.1, -0.05) is 12.5 Å². The highest BCUT2D eigenvalue weighted by molar-refractivity contribution is 5.57. The van der Waals surface area contributed by atoms with Gasteiger partial charge in [-0.25, -0.2) is 0 Å². The van der Waals surface area contributed by atoms with Gasteiger partial charge in [0.15, 0.2) is 11.5 Å². The number of alkyl halides is 3. The lowest BCUT2D eigenvalue weighted by molar-refractivity contribution is -0.139. The van der Waals surface area contributed by atoms with Gasteiger partial charge in [-0.05, 0) is 18.9 Å². The Bertz CT molecular complexity index is 518. The predicted octanol–water partition coefficient (Wildman–Crippen LogP) is 2.86. The van der Waals surface area contributed by atoms with E-state index >= 15 is 0 Å². The van der Waals surface area contributed by atoms with Crippen LogP contribution in [0.2, 0.25) is 0 Å². The molecule has 0 saturated heterocycles. The first-order chi connectivity index (χ1) is 9.48. The monoisotopic (exact) mass is 287 g/mol. The number of halogens is 3. The van der Waals surface area contributed by atoms with Crippen molar-refractivity contribution in [2.24, 2.45) is 5.73 Å². The van der Waals surface area contributed by atoms with Crippen LogP contribution in [0.25, 0.3) is 0 Å². The van der Waals surface area contributed by atoms with E-state index in [0.29, 0.717) is 6.54 Å². The van der Waals surface area contributed by atoms with Gasteiger partial charge in [0.2, 0.25) is 0 Å². The van der Waals surface area contributed by atoms with Crippen molar-refractivity contribution in [3.05, 3.63) is 23.3 Å². The fraction of sp³-hybridized carbons (Fsp3) is 0.571. The van der Waals surface area contributed by atoms with Crippen molar-refractivity contribution in [3.8, 4) is 11.5 Å². The SMILES string of the molecule is NCC1(c2ccc(C(F)(F)F)c3c2OCCO3)CCC1. The quantitative estimate of drug-likeness (QED) is 0.909. The topological polar surface area (TPSA) is 44.5 Å². The molecule has 0 amide bonds. The summed E-state index contributed by atoms with van der Waals surface area (Å²) in [5.41, 5.74) is 5.57. The van der Waals surface area contributed by atoms with Crippen molar-refractivity contribution in [1.29, 1.82) is 0 Å². The smallest absolute Gasteiger partial charge is 0.420 e. The highest BCUT2D eigenvalue weighted by atomic mass is 19.4. The number of nitrogens with two attached hydrogens (primary N) is 1. The molecule has 0 aromatic heterocycles. The lowest BCUT2D eigenvalue weighted by Crippen LogP contribution is -2.42. The highest BCUT2D eigenvalue weighted by Gasteiger charge is 2.44. The summed E-state index contributed by atoms with van der Waals surface area (Å²) in [6.07, 6.45) is -1.65. The van der Waals surface area contributed by atoms with Crippen LogP contribution in [-0.4, -0.2) is 19.8 Å². The van der Waals surface area contributed by atoms with Gasteiger partial charge in [0, 0.05) is 17.5 Å². The predicted molar refractivity (Wildman–Crippen MR) is 67.0 cm³/mol. The molecule has 0 unspecified atom stereocenters. The average Bonchev–Trinajstić information content (AvgIpc) is 2.37. The minimum Gasteiger partial charge on any atom is -0.486 e. The summed E-state index contributed by atoms with van der Waals surface area (Å²) in [6.45, 7) is 0.811. The van der Waals surface area contributed by atoms with Crippen LogP contribution in [0.15, 0.2) is 12.1 Å². The minimum absolute atomic E-state index is 0.134. The van der Waals surface area contributed by atoms with Crippen molar-refractivity contribution < 1.29 is 22.6 Å². The molecule has 1 aromatic rings. The van der Waals surface area contributed by atoms with Gasteiger partial charge in [0.1, 0.15) is 18.8 Å². The van der Waals surface area contributed by atoms with Crippen molar-refractivity contribution in [2.75, 3.05) is 19.8 Å². The van der Waals surface area contributed by atoms with Crippen molar-refractivity contribution in [1.82, 2.24) is 0 Å². The van der Waals surface area contributed by atoms with Gasteiger partial charge in [-0.15, -0.1) is 0 Å². The standard InChI is InChI=1S/C14H16F3NO2/c15-14(16,17)10-3-2-9(13(8-18)4-1-5-13)11-12(10)20-7-6-19-11/h2-3H,1,4-8,18H2. The summed E-state index contributed by atoms with van der Waals surface area (Å²) in [6, 6.07) is 2.58. The van der Waals surface area contributed by atoms with E-state index in [1.807, 2.05) is 0 Å². The van der Waals surface area contributed by atoms with Crippen LogP contribution < -0.4 is 15.2 Å². The summed E-state index contributed by atoms with van der Waals surface area (Å²) in [5.74, 6) is 0.0530. The molecular formula is C14H16F3NO2. The molecule has 3 rings (SSSR count). The molecule has 0 radical (unpaired) electrons. The van der Waals surface area contributed by atoms with E-state index in [4.69, 9.17) is 15.2 Å². The van der Waals surface area contributed by atoms with E-state index in [0.717, 1.165) is 30.9 Å². The molecule has 1 saturated carbocycles. The Labute approximate surface area is 114 Å². The molecule has 1 aromatic carbocycles. The van der Waals surface area contributed by atoms with E-state index in [-0.39, 0.29) is 30.1 Å². The molecule has 1 aliphatic carbocycles. The van der Waals surface area contributed by atoms with Crippen LogP contribution in [0.4, 0.5) is 13.2 Å². The Morgan fingerprint density at radius 3 is 2.25 bits per heavy atom. The maximum absolute atomic E-state index is 13.0. The first-order valence-corrected chi connectivity index (χ1v) is 6.68. The number of fused-ring (bicyclic) bond motifs is 1. The Kier molecular flexibility index (Phi) is 3.08. The minimum atomic E-state index is -4.45. The molecule has 0 bridgehead atoms. The van der Waals surface area contributed by atoms with Crippen LogP contribution in [0, 0.1) is 0 Å². The number of ether oxygens (including phenoxy) is 2. The van der Waals surface area contributed by atoms with Crippen molar-refractivity contribution in [2.45, 2.75) is 30.9 Å². The van der Waals surface area contributed by atoms with Crippen LogP contribution in [0.5, 0.6) is 11.5 Å². The normalized spacial score (nSPS) is 20.4. The first-order valence-electron chi connectivity index (χ1n) is 6.68. The van der Waals surface area contributed by atoms with Crippen molar-refractivity contribution in [3.63, 3.8) is 0 Å². The zero-order valence-electron chi connectivity index (χ0n) is 10.9. The second kappa shape index (κ2) is 4.55. The summed E-state index contributed by atoms with van der Waals surface area (Å²) in [4.78, 5) is 0. The molecule has 6 heteroatoms. The number of benzene rings is 1. The van der Waals surface area contributed by atoms with Crippen LogP contribution in [0.1, 0.15) is 30.4 Å². The van der Waals surface area contributed by atoms with Gasteiger partial charge in [-0.2, -0.15) is 13.2 Å². The highest BCUT2D eigenvalue weighted by Crippen LogP contribution is 2.52. The Morgan fingerprint density at radius 2 is 1.75 bits per heavy atom. The zero-order valence-corrected chi connectivity index (χ0v) is 10.9. The van der Waals surface area contributed by atoms with Gasteiger partial charge >= 0.3 is 6.18 Å². The number of rotatable bonds is 2. The molecule has 110 valence electrons. The molecule has 2 aliphatic rings. The van der Waals surface area contributed by atoms with Crippen molar-refractivity contribution >= 4 is 0 Å². The molecule has 0 spiro atoms. The molecule has 0 atom stereocenters. The molecule has 1 heterocycles. The lowest BCUT2D eigenvalue weighted by Gasteiger charge is -2.43. The second-order valence-electron chi connectivity index (χ2n) is 5.35. The summed E-state index contributed by atoms with van der Waals surface area (Å²) in [5, 5.41) is 0. The van der Waals surface area contributed by atoms with Gasteiger partial charge in [0.05, 0.1) is 0 Å². The third kappa shape index (κ3) is 1.93. The molecule has 2 N–H and O–H groups in total. The average molecular weight is 287 g/mol. The van der Waals surface area contributed by atoms with Crippen LogP contribution in [-0.2, 0) is 11.6 Å². The summed E-state index contributed by atoms with van der Waals surface area (Å²) < 4.78 is 49.8. The molecule has 20 heavy (non-hydrogen) atoms. The maximum atomic E-state index is 13.0. The van der Waals surface area contributed by atoms with Crippen LogP contribution >= 0.6 is 0 Å². The third-order valence-corrected chi connectivity index (χ3v) is 4.27. The third-order valence-electron chi connectivity index (χ3n) is 4.27. The summed E-state index contributed by atoms with van der Waals surface area (Å²) >= 11 is 0. The van der Waals surface area contributed by atoms with Gasteiger partial charge in [0.25, 0.3) is 0 Å². The van der Waals surface area contributed by atoms with Gasteiger partial charge < -0.3 is 15.2 Å². The van der Waals surface area contributed by atoms with Gasteiger partial charge in [-0.3, -0.25) is 0 Å². The van der Waals surface area contributed by atoms with E-state index in [1.54, 1.807) is 0 Å². The Morgan fingerprint density at radius 1 is 1.10 bits per heavy atom. The second-order valence-corrected chi connectivity index (χ2v) is 5.35. The molecule has 1 aliphatic heterocycles. The van der Waals surface area contributed by atoms with E-state index in [2.05, 4.69) is 0 Å². The number of hydrogen-bond donors (Lipinski definition) is 1. The summed E-state index contributed by atoms with van der Waals surface area (Å²) in [7, 11) is 0. The Hall–Kier alpha value is -1.43. The Balaban J connectivity index is 2.14. The fourth-order valence-corrected chi connectivity index (χ4v) is 2.96. The zero-order chi connectivity index (χ0) is 14.4. The van der Waals surface area contributed by atoms with E-state index in [9.17, 15) is 13.2 Å². The lowest BCUT2D eigenvalue weighted by atomic mass is 9.64. The number of hydrogen-bond acceptors (Lipinski definition) is 3. The largest absolute Gasteiger partial charge is 0.486 e. The fourth-order valence-electron chi connectivity index (χ4n) is 2.96. The van der Waals surface area contributed by atoms with E-state index in [1.165, 1.54) is 6.07 Å². The maximum Gasteiger partial charge on any atom is 0.420 e. The van der Waals surface area contributed by atoms with E-state index < -0.39 is 11.7 Å². The van der Waals surface area contributed by atoms with Crippen LogP contribution in [0.3, 0.4) is 0 Å². The molecular weight excluding hydrogens is 271 g/mol. The molecule has 3 nitrogen and oxygen atoms in total. The molecule has 1 fully saturated rings.